The minimum atomic E-state index is -0.670. The van der Waals surface area contributed by atoms with Crippen LogP contribution in [0.3, 0.4) is 0 Å². The summed E-state index contributed by atoms with van der Waals surface area (Å²) in [6, 6.07) is 25.3. The first kappa shape index (κ1) is 31.6. The van der Waals surface area contributed by atoms with Crippen LogP contribution in [0.15, 0.2) is 72.8 Å². The molecule has 0 saturated carbocycles. The van der Waals surface area contributed by atoms with Crippen LogP contribution in [0.4, 0.5) is 0 Å². The minimum Gasteiger partial charge on any atom is -0.507 e. The fourth-order valence-electron chi connectivity index (χ4n) is 6.07. The van der Waals surface area contributed by atoms with Crippen molar-refractivity contribution in [3.63, 3.8) is 0 Å². The van der Waals surface area contributed by atoms with Gasteiger partial charge in [-0.2, -0.15) is 0 Å². The summed E-state index contributed by atoms with van der Waals surface area (Å²) in [5.74, 6) is -0.560. The van der Waals surface area contributed by atoms with E-state index < -0.39 is 5.79 Å². The maximum Gasteiger partial charge on any atom is 0.306 e. The van der Waals surface area contributed by atoms with Crippen molar-refractivity contribution < 1.29 is 24.1 Å². The third kappa shape index (κ3) is 7.47. The predicted molar refractivity (Wildman–Crippen MR) is 173 cm³/mol. The van der Waals surface area contributed by atoms with Crippen molar-refractivity contribution in [3.05, 3.63) is 101 Å². The number of carbonyl (C=O) groups excluding carboxylic acids is 1. The first-order valence-corrected chi connectivity index (χ1v) is 16.5. The summed E-state index contributed by atoms with van der Waals surface area (Å²) in [4.78, 5) is 12.9. The van der Waals surface area contributed by atoms with Crippen molar-refractivity contribution >= 4 is 17.7 Å². The van der Waals surface area contributed by atoms with E-state index in [0.29, 0.717) is 25.4 Å². The molecule has 1 spiro atoms. The Morgan fingerprint density at radius 3 is 2.02 bits per heavy atom. The first-order chi connectivity index (χ1) is 20.5. The molecular weight excluding hydrogens is 556 g/mol. The molecular formula is C37H46O5S. The van der Waals surface area contributed by atoms with Crippen LogP contribution in [0.25, 0.3) is 0 Å². The highest BCUT2D eigenvalue weighted by Gasteiger charge is 2.50. The molecule has 2 atom stereocenters. The number of hydrogen-bond acceptors (Lipinski definition) is 6. The van der Waals surface area contributed by atoms with Crippen molar-refractivity contribution in [1.82, 2.24) is 0 Å². The van der Waals surface area contributed by atoms with Gasteiger partial charge < -0.3 is 19.3 Å². The molecule has 5 nitrogen and oxygen atoms in total. The number of benzene rings is 3. The van der Waals surface area contributed by atoms with E-state index in [1.807, 2.05) is 30.8 Å². The zero-order chi connectivity index (χ0) is 30.7. The molecule has 2 aliphatic rings. The van der Waals surface area contributed by atoms with E-state index in [1.54, 1.807) is 0 Å². The Hall–Kier alpha value is -2.80. The smallest absolute Gasteiger partial charge is 0.306 e. The van der Waals surface area contributed by atoms with Crippen LogP contribution < -0.4 is 0 Å². The fourth-order valence-corrected chi connectivity index (χ4v) is 7.80. The van der Waals surface area contributed by atoms with Gasteiger partial charge in [-0.25, -0.2) is 0 Å². The molecule has 5 rings (SSSR count). The van der Waals surface area contributed by atoms with E-state index in [0.717, 1.165) is 36.0 Å². The molecule has 230 valence electrons. The van der Waals surface area contributed by atoms with Gasteiger partial charge in [-0.15, -0.1) is 11.8 Å². The van der Waals surface area contributed by atoms with E-state index >= 15 is 0 Å². The van der Waals surface area contributed by atoms with Crippen LogP contribution in [0, 0.1) is 12.3 Å². The van der Waals surface area contributed by atoms with Gasteiger partial charge in [-0.05, 0) is 53.0 Å². The molecule has 1 N–H and O–H groups in total. The second kappa shape index (κ2) is 13.1. The number of carbonyl (C=O) groups is 1. The Labute approximate surface area is 261 Å². The molecule has 0 bridgehead atoms. The van der Waals surface area contributed by atoms with Crippen LogP contribution in [-0.2, 0) is 30.8 Å². The highest BCUT2D eigenvalue weighted by atomic mass is 32.2. The van der Waals surface area contributed by atoms with Gasteiger partial charge in [0.1, 0.15) is 12.4 Å². The number of thioether (sulfide) groups is 1. The highest BCUT2D eigenvalue weighted by molar-refractivity contribution is 7.99. The third-order valence-corrected chi connectivity index (χ3v) is 10.6. The fraction of sp³-hybridized carbons (Fsp3) is 0.486. The van der Waals surface area contributed by atoms with Crippen LogP contribution in [-0.4, -0.2) is 36.7 Å². The summed E-state index contributed by atoms with van der Waals surface area (Å²) in [5.41, 5.74) is 4.79. The van der Waals surface area contributed by atoms with Gasteiger partial charge in [-0.1, -0.05) is 100 Å². The third-order valence-electron chi connectivity index (χ3n) is 9.02. The zero-order valence-corrected chi connectivity index (χ0v) is 27.0. The van der Waals surface area contributed by atoms with E-state index in [9.17, 15) is 9.90 Å². The monoisotopic (exact) mass is 602 g/mol. The molecule has 2 heterocycles. The molecule has 3 aromatic carbocycles. The average molecular weight is 603 g/mol. The predicted octanol–water partition coefficient (Wildman–Crippen LogP) is 8.62. The maximum atomic E-state index is 12.9. The summed E-state index contributed by atoms with van der Waals surface area (Å²) in [6.07, 6.45) is 3.22. The summed E-state index contributed by atoms with van der Waals surface area (Å²) in [7, 11) is 0. The van der Waals surface area contributed by atoms with Crippen molar-refractivity contribution in [3.8, 4) is 5.75 Å². The molecule has 0 aromatic heterocycles. The molecule has 2 saturated heterocycles. The number of aryl methyl sites for hydroxylation is 2. The van der Waals surface area contributed by atoms with Crippen LogP contribution in [0.1, 0.15) is 91.7 Å². The Morgan fingerprint density at radius 2 is 1.51 bits per heavy atom. The normalized spacial score (nSPS) is 25.9. The molecule has 0 radical (unpaired) electrons. The van der Waals surface area contributed by atoms with Gasteiger partial charge >= 0.3 is 5.97 Å². The van der Waals surface area contributed by atoms with Crippen molar-refractivity contribution in [2.45, 2.75) is 88.4 Å². The summed E-state index contributed by atoms with van der Waals surface area (Å²) in [6.45, 7) is 11.5. The van der Waals surface area contributed by atoms with Crippen molar-refractivity contribution in [2.75, 3.05) is 19.8 Å². The summed E-state index contributed by atoms with van der Waals surface area (Å²) >= 11 is 1.99. The topological polar surface area (TPSA) is 65.0 Å². The van der Waals surface area contributed by atoms with Gasteiger partial charge in [0, 0.05) is 29.8 Å². The second-order valence-electron chi connectivity index (χ2n) is 13.4. The Bertz CT molecular complexity index is 1320. The highest BCUT2D eigenvalue weighted by Crippen LogP contribution is 2.56. The van der Waals surface area contributed by atoms with Gasteiger partial charge in [-0.3, -0.25) is 4.79 Å². The lowest BCUT2D eigenvalue weighted by Gasteiger charge is -2.50. The second-order valence-corrected chi connectivity index (χ2v) is 14.8. The number of phenols is 1. The number of rotatable bonds is 8. The number of hydrogen-bond donors (Lipinski definition) is 1. The Kier molecular flexibility index (Phi) is 9.60. The SMILES string of the molecule is CCC1(COC(=O)CCc2cc(C)c(O)c(C(C)(C)C)c2)COC2(CC(c3ccccc3)SC(c3ccccc3)C2)OC1. The Balaban J connectivity index is 1.22. The maximum absolute atomic E-state index is 12.9. The number of ether oxygens (including phenoxy) is 3. The van der Waals surface area contributed by atoms with Gasteiger partial charge in [0.05, 0.1) is 18.6 Å². The zero-order valence-electron chi connectivity index (χ0n) is 26.2. The number of aromatic hydroxyl groups is 1. The molecule has 3 aromatic rings. The molecule has 0 amide bonds. The van der Waals surface area contributed by atoms with Crippen LogP contribution >= 0.6 is 11.8 Å². The Morgan fingerprint density at radius 1 is 0.953 bits per heavy atom. The minimum absolute atomic E-state index is 0.184. The number of phenolic OH excluding ortho intramolecular Hbond substituents is 1. The van der Waals surface area contributed by atoms with Gasteiger partial charge in [0.15, 0.2) is 5.79 Å². The summed E-state index contributed by atoms with van der Waals surface area (Å²) in [5, 5.41) is 11.1. The van der Waals surface area contributed by atoms with E-state index in [-0.39, 0.29) is 40.3 Å². The molecule has 2 unspecified atom stereocenters. The van der Waals surface area contributed by atoms with E-state index in [4.69, 9.17) is 14.2 Å². The standard InChI is InChI=1S/C37H46O5S/c1-6-36(23-40-33(38)18-17-27-19-26(2)34(39)30(20-27)35(3,4)5)24-41-37(42-25-36)21-31(28-13-9-7-10-14-28)43-32(22-37)29-15-11-8-12-16-29/h7-16,19-20,31-32,39H,6,17-18,21-25H2,1-5H3. The lowest BCUT2D eigenvalue weighted by Crippen LogP contribution is -2.53. The van der Waals surface area contributed by atoms with E-state index in [2.05, 4.69) is 88.4 Å². The van der Waals surface area contributed by atoms with Gasteiger partial charge in [0.2, 0.25) is 0 Å². The van der Waals surface area contributed by atoms with Gasteiger partial charge in [0.25, 0.3) is 0 Å². The molecule has 2 aliphatic heterocycles. The first-order valence-electron chi connectivity index (χ1n) is 15.5. The molecule has 0 aliphatic carbocycles. The lowest BCUT2D eigenvalue weighted by molar-refractivity contribution is -0.315. The van der Waals surface area contributed by atoms with Crippen molar-refractivity contribution in [2.24, 2.45) is 5.41 Å². The van der Waals surface area contributed by atoms with Crippen LogP contribution in [0.5, 0.6) is 5.75 Å². The average Bonchev–Trinajstić information content (AvgIpc) is 3.01. The quantitative estimate of drug-likeness (QED) is 0.261. The molecule has 2 fully saturated rings. The summed E-state index contributed by atoms with van der Waals surface area (Å²) < 4.78 is 19.2. The largest absolute Gasteiger partial charge is 0.507 e. The number of esters is 1. The van der Waals surface area contributed by atoms with Crippen LogP contribution in [0.2, 0.25) is 0 Å². The van der Waals surface area contributed by atoms with E-state index in [1.165, 1.54) is 11.1 Å². The molecule has 6 heteroatoms. The molecule has 43 heavy (non-hydrogen) atoms. The lowest BCUT2D eigenvalue weighted by atomic mass is 9.83. The van der Waals surface area contributed by atoms with Crippen molar-refractivity contribution in [1.29, 1.82) is 0 Å².